The summed E-state index contributed by atoms with van der Waals surface area (Å²) in [6.45, 7) is 7.07. The molecule has 0 radical (unpaired) electrons. The number of methoxy groups -OCH3 is 1. The summed E-state index contributed by atoms with van der Waals surface area (Å²) in [6, 6.07) is 8.45. The van der Waals surface area contributed by atoms with Crippen LogP contribution in [0.2, 0.25) is 0 Å². The van der Waals surface area contributed by atoms with E-state index in [0.717, 1.165) is 36.7 Å². The first kappa shape index (κ1) is 23.8. The zero-order valence-electron chi connectivity index (χ0n) is 19.0. The number of hydrogen-bond acceptors (Lipinski definition) is 5. The Kier molecular flexibility index (Phi) is 9.73. The predicted octanol–water partition coefficient (Wildman–Crippen LogP) is 2.47. The molecule has 30 heavy (non-hydrogen) atoms. The second-order valence-electron chi connectivity index (χ2n) is 7.55. The average molecular weight is 420 g/mol. The first-order chi connectivity index (χ1) is 14.5. The van der Waals surface area contributed by atoms with E-state index in [4.69, 9.17) is 14.5 Å². The van der Waals surface area contributed by atoms with Gasteiger partial charge in [-0.2, -0.15) is 0 Å². The number of aliphatic imine (C=N–C) groups is 1. The second kappa shape index (κ2) is 12.3. The maximum absolute atomic E-state index is 11.9. The minimum Gasteiger partial charge on any atom is -0.496 e. The molecule has 8 heteroatoms. The van der Waals surface area contributed by atoms with Crippen molar-refractivity contribution in [2.45, 2.75) is 38.8 Å². The Morgan fingerprint density at radius 1 is 1.27 bits per heavy atom. The largest absolute Gasteiger partial charge is 0.496 e. The molecule has 1 amide bonds. The normalized spacial score (nSPS) is 16.3. The molecule has 1 saturated heterocycles. The highest BCUT2D eigenvalue weighted by molar-refractivity contribution is 5.80. The molecule has 2 N–H and O–H groups in total. The van der Waals surface area contributed by atoms with Crippen LogP contribution in [-0.4, -0.2) is 81.9 Å². The van der Waals surface area contributed by atoms with Crippen LogP contribution in [0, 0.1) is 0 Å². The van der Waals surface area contributed by atoms with Crippen LogP contribution in [0.5, 0.6) is 5.75 Å². The molecule has 1 heterocycles. The van der Waals surface area contributed by atoms with Gasteiger partial charge in [0.05, 0.1) is 26.3 Å². The van der Waals surface area contributed by atoms with Gasteiger partial charge in [-0.25, -0.2) is 4.79 Å². The molecule has 1 aliphatic heterocycles. The van der Waals surface area contributed by atoms with Crippen LogP contribution in [0.3, 0.4) is 0 Å². The van der Waals surface area contributed by atoms with Crippen molar-refractivity contribution in [3.8, 4) is 5.75 Å². The molecule has 0 bridgehead atoms. The van der Waals surface area contributed by atoms with Gasteiger partial charge in [-0.15, -0.1) is 0 Å². The minimum atomic E-state index is -0.220. The lowest BCUT2D eigenvalue weighted by atomic mass is 10.0. The number of likely N-dealkylation sites (tertiary alicyclic amines) is 1. The number of nitrogens with zero attached hydrogens (tertiary/aromatic N) is 3. The number of benzene rings is 1. The van der Waals surface area contributed by atoms with Gasteiger partial charge >= 0.3 is 6.09 Å². The molecule has 1 aliphatic rings. The molecule has 0 spiro atoms. The summed E-state index contributed by atoms with van der Waals surface area (Å²) < 4.78 is 10.7. The van der Waals surface area contributed by atoms with Crippen molar-refractivity contribution in [1.82, 2.24) is 20.4 Å². The molecular weight excluding hydrogens is 382 g/mol. The van der Waals surface area contributed by atoms with Crippen molar-refractivity contribution in [1.29, 1.82) is 0 Å². The van der Waals surface area contributed by atoms with Crippen LogP contribution < -0.4 is 15.4 Å². The highest BCUT2D eigenvalue weighted by atomic mass is 16.6. The van der Waals surface area contributed by atoms with Gasteiger partial charge in [0.15, 0.2) is 5.96 Å². The first-order valence-electron chi connectivity index (χ1n) is 10.8. The van der Waals surface area contributed by atoms with Gasteiger partial charge in [-0.3, -0.25) is 4.99 Å². The summed E-state index contributed by atoms with van der Waals surface area (Å²) >= 11 is 0. The average Bonchev–Trinajstić information content (AvgIpc) is 2.74. The number of hydrogen-bond donors (Lipinski definition) is 2. The number of rotatable bonds is 8. The van der Waals surface area contributed by atoms with Gasteiger partial charge < -0.3 is 29.9 Å². The van der Waals surface area contributed by atoms with Gasteiger partial charge in [0, 0.05) is 31.2 Å². The molecule has 1 fully saturated rings. The maximum Gasteiger partial charge on any atom is 0.409 e. The highest BCUT2D eigenvalue weighted by Crippen LogP contribution is 2.28. The lowest BCUT2D eigenvalue weighted by Gasteiger charge is -2.32. The van der Waals surface area contributed by atoms with Crippen LogP contribution in [-0.2, 0) is 4.74 Å². The lowest BCUT2D eigenvalue weighted by Crippen LogP contribution is -2.50. The third kappa shape index (κ3) is 6.79. The Balaban J connectivity index is 2.02. The Labute approximate surface area is 180 Å². The molecule has 8 nitrogen and oxygen atoms in total. The smallest absolute Gasteiger partial charge is 0.409 e. The third-order valence-corrected chi connectivity index (χ3v) is 5.25. The zero-order chi connectivity index (χ0) is 21.9. The van der Waals surface area contributed by atoms with E-state index < -0.39 is 0 Å². The highest BCUT2D eigenvalue weighted by Gasteiger charge is 2.24. The van der Waals surface area contributed by atoms with E-state index in [1.807, 2.05) is 25.1 Å². The van der Waals surface area contributed by atoms with Gasteiger partial charge in [-0.1, -0.05) is 18.2 Å². The number of likely N-dealkylation sites (N-methyl/N-ethyl adjacent to an activating group) is 1. The number of carbonyl (C=O) groups excluding carboxylic acids is 1. The van der Waals surface area contributed by atoms with Crippen molar-refractivity contribution < 1.29 is 14.3 Å². The molecule has 0 aliphatic carbocycles. The fraction of sp³-hybridized carbons (Fsp3) is 0.636. The Morgan fingerprint density at radius 2 is 1.97 bits per heavy atom. The molecule has 2 rings (SSSR count). The SMILES string of the molecule is CCNC(=NCC(c1ccccc1OC)N(C)C)NC1CCN(C(=O)OCC)CC1. The minimum absolute atomic E-state index is 0.0993. The molecule has 168 valence electrons. The van der Waals surface area contributed by atoms with Crippen molar-refractivity contribution >= 4 is 12.1 Å². The van der Waals surface area contributed by atoms with E-state index in [0.29, 0.717) is 26.2 Å². The predicted molar refractivity (Wildman–Crippen MR) is 120 cm³/mol. The summed E-state index contributed by atoms with van der Waals surface area (Å²) in [7, 11) is 5.80. The topological polar surface area (TPSA) is 78.4 Å². The van der Waals surface area contributed by atoms with Crippen LogP contribution in [0.4, 0.5) is 4.79 Å². The van der Waals surface area contributed by atoms with Crippen LogP contribution in [0.25, 0.3) is 0 Å². The number of piperidine rings is 1. The van der Waals surface area contributed by atoms with Crippen molar-refractivity contribution in [2.75, 3.05) is 54.0 Å². The van der Waals surface area contributed by atoms with E-state index in [1.54, 1.807) is 12.0 Å². The standard InChI is InChI=1S/C22H37N5O3/c1-6-23-21(25-17-12-14-27(15-13-17)22(28)30-7-2)24-16-19(26(3)4)18-10-8-9-11-20(18)29-5/h8-11,17,19H,6-7,12-16H2,1-5H3,(H2,23,24,25). The van der Waals surface area contributed by atoms with E-state index in [-0.39, 0.29) is 18.2 Å². The fourth-order valence-electron chi connectivity index (χ4n) is 3.59. The monoisotopic (exact) mass is 419 g/mol. The number of amides is 1. The first-order valence-corrected chi connectivity index (χ1v) is 10.8. The maximum atomic E-state index is 11.9. The Morgan fingerprint density at radius 3 is 2.57 bits per heavy atom. The molecule has 1 aromatic carbocycles. The molecule has 1 unspecified atom stereocenters. The molecule has 1 atom stereocenters. The molecule has 0 saturated carbocycles. The Bertz CT molecular complexity index is 687. The number of carbonyl (C=O) groups is 1. The van der Waals surface area contributed by atoms with E-state index in [9.17, 15) is 4.79 Å². The number of nitrogens with one attached hydrogen (secondary N) is 2. The quantitative estimate of drug-likeness (QED) is 0.498. The van der Waals surface area contributed by atoms with Crippen molar-refractivity contribution in [3.05, 3.63) is 29.8 Å². The van der Waals surface area contributed by atoms with Crippen LogP contribution in [0.15, 0.2) is 29.3 Å². The number of para-hydroxylation sites is 1. The van der Waals surface area contributed by atoms with Gasteiger partial charge in [0.1, 0.15) is 5.75 Å². The summed E-state index contributed by atoms with van der Waals surface area (Å²) in [4.78, 5) is 20.7. The molecule has 1 aromatic rings. The molecule has 0 aromatic heterocycles. The van der Waals surface area contributed by atoms with Crippen molar-refractivity contribution in [2.24, 2.45) is 4.99 Å². The van der Waals surface area contributed by atoms with Crippen molar-refractivity contribution in [3.63, 3.8) is 0 Å². The Hall–Kier alpha value is -2.48. The van der Waals surface area contributed by atoms with E-state index >= 15 is 0 Å². The fourth-order valence-corrected chi connectivity index (χ4v) is 3.59. The lowest BCUT2D eigenvalue weighted by molar-refractivity contribution is 0.0963. The summed E-state index contributed by atoms with van der Waals surface area (Å²) in [5.41, 5.74) is 1.12. The molecular formula is C22H37N5O3. The summed E-state index contributed by atoms with van der Waals surface area (Å²) in [5.74, 6) is 1.67. The van der Waals surface area contributed by atoms with Crippen LogP contribution in [0.1, 0.15) is 38.3 Å². The van der Waals surface area contributed by atoms with E-state index in [2.05, 4.69) is 42.6 Å². The van der Waals surface area contributed by atoms with Gasteiger partial charge in [0.25, 0.3) is 0 Å². The zero-order valence-corrected chi connectivity index (χ0v) is 19.0. The second-order valence-corrected chi connectivity index (χ2v) is 7.55. The van der Waals surface area contributed by atoms with Crippen LogP contribution >= 0.6 is 0 Å². The van der Waals surface area contributed by atoms with E-state index in [1.165, 1.54) is 0 Å². The summed E-state index contributed by atoms with van der Waals surface area (Å²) in [5, 5.41) is 6.88. The summed E-state index contributed by atoms with van der Waals surface area (Å²) in [6.07, 6.45) is 1.52. The number of ether oxygens (including phenoxy) is 2. The number of guanidine groups is 1. The third-order valence-electron chi connectivity index (χ3n) is 5.25. The van der Waals surface area contributed by atoms with Gasteiger partial charge in [0.2, 0.25) is 0 Å². The van der Waals surface area contributed by atoms with Gasteiger partial charge in [-0.05, 0) is 46.9 Å².